The highest BCUT2D eigenvalue weighted by atomic mass is 16.5. The third-order valence-corrected chi connectivity index (χ3v) is 3.64. The fourth-order valence-corrected chi connectivity index (χ4v) is 2.46. The second-order valence-corrected chi connectivity index (χ2v) is 5.67. The van der Waals surface area contributed by atoms with Crippen molar-refractivity contribution in [3.8, 4) is 17.2 Å². The molecular weight excluding hydrogens is 320 g/mol. The lowest BCUT2D eigenvalue weighted by atomic mass is 10.2. The summed E-state index contributed by atoms with van der Waals surface area (Å²) in [6.07, 6.45) is 0. The number of hydrogen-bond acceptors (Lipinski definition) is 5. The highest BCUT2D eigenvalue weighted by Crippen LogP contribution is 2.25. The van der Waals surface area contributed by atoms with Gasteiger partial charge < -0.3 is 19.5 Å². The topological polar surface area (TPSA) is 60.0 Å². The van der Waals surface area contributed by atoms with Crippen molar-refractivity contribution in [3.05, 3.63) is 48.0 Å². The number of benzene rings is 2. The van der Waals surface area contributed by atoms with Crippen LogP contribution in [0.3, 0.4) is 0 Å². The minimum absolute atomic E-state index is 0.110. The van der Waals surface area contributed by atoms with Crippen molar-refractivity contribution in [2.75, 3.05) is 40.2 Å². The summed E-state index contributed by atoms with van der Waals surface area (Å²) in [6, 6.07) is 13.1. The van der Waals surface area contributed by atoms with Gasteiger partial charge in [-0.15, -0.1) is 0 Å². The van der Waals surface area contributed by atoms with E-state index in [9.17, 15) is 4.79 Å². The molecule has 0 bridgehead atoms. The van der Waals surface area contributed by atoms with Gasteiger partial charge in [0, 0.05) is 30.4 Å². The Bertz CT molecular complexity index is 696. The molecule has 0 unspecified atom stereocenters. The number of carbonyl (C=O) groups is 1. The summed E-state index contributed by atoms with van der Waals surface area (Å²) in [7, 11) is 6.68. The van der Waals surface area contributed by atoms with Crippen molar-refractivity contribution < 1.29 is 19.0 Å². The van der Waals surface area contributed by atoms with Crippen molar-refractivity contribution in [1.29, 1.82) is 0 Å². The first-order valence-corrected chi connectivity index (χ1v) is 7.88. The SMILES string of the molecule is COc1cccc(CN(C)CC(=O)Nc2cc(OC)cc(OC)c2)c1. The molecule has 0 saturated carbocycles. The van der Waals surface area contributed by atoms with E-state index < -0.39 is 0 Å². The molecule has 0 saturated heterocycles. The number of carbonyl (C=O) groups excluding carboxylic acids is 1. The molecule has 2 aromatic rings. The van der Waals surface area contributed by atoms with Crippen LogP contribution in [-0.2, 0) is 11.3 Å². The Morgan fingerprint density at radius 3 is 2.20 bits per heavy atom. The van der Waals surface area contributed by atoms with Crippen LogP contribution in [0, 0.1) is 0 Å². The number of anilines is 1. The van der Waals surface area contributed by atoms with Gasteiger partial charge in [-0.2, -0.15) is 0 Å². The predicted octanol–water partition coefficient (Wildman–Crippen LogP) is 2.78. The minimum atomic E-state index is -0.110. The van der Waals surface area contributed by atoms with Gasteiger partial charge in [0.1, 0.15) is 17.2 Å². The lowest BCUT2D eigenvalue weighted by molar-refractivity contribution is -0.117. The number of rotatable bonds is 8. The first-order chi connectivity index (χ1) is 12.0. The Labute approximate surface area is 148 Å². The summed E-state index contributed by atoms with van der Waals surface area (Å²) in [5, 5.41) is 2.87. The Morgan fingerprint density at radius 1 is 0.960 bits per heavy atom. The standard InChI is InChI=1S/C19H24N2O4/c1-21(12-14-6-5-7-16(8-14)23-2)13-19(22)20-15-9-17(24-3)11-18(10-15)25-4/h5-11H,12-13H2,1-4H3,(H,20,22). The predicted molar refractivity (Wildman–Crippen MR) is 97.5 cm³/mol. The van der Waals surface area contributed by atoms with Gasteiger partial charge in [-0.25, -0.2) is 0 Å². The van der Waals surface area contributed by atoms with Gasteiger partial charge in [0.15, 0.2) is 0 Å². The Balaban J connectivity index is 1.95. The molecule has 0 fully saturated rings. The van der Waals surface area contributed by atoms with Gasteiger partial charge in [0.05, 0.1) is 27.9 Å². The van der Waals surface area contributed by atoms with Gasteiger partial charge in [-0.3, -0.25) is 9.69 Å². The van der Waals surface area contributed by atoms with Gasteiger partial charge in [-0.05, 0) is 24.7 Å². The van der Waals surface area contributed by atoms with Crippen molar-refractivity contribution >= 4 is 11.6 Å². The van der Waals surface area contributed by atoms with E-state index in [1.165, 1.54) is 0 Å². The van der Waals surface area contributed by atoms with Crippen LogP contribution < -0.4 is 19.5 Å². The quantitative estimate of drug-likeness (QED) is 0.798. The second kappa shape index (κ2) is 8.94. The van der Waals surface area contributed by atoms with E-state index in [4.69, 9.17) is 14.2 Å². The Morgan fingerprint density at radius 2 is 1.60 bits per heavy atom. The average Bonchev–Trinajstić information content (AvgIpc) is 2.61. The van der Waals surface area contributed by atoms with Gasteiger partial charge in [-0.1, -0.05) is 12.1 Å². The number of hydrogen-bond donors (Lipinski definition) is 1. The summed E-state index contributed by atoms with van der Waals surface area (Å²) in [5.41, 5.74) is 1.72. The monoisotopic (exact) mass is 344 g/mol. The zero-order valence-electron chi connectivity index (χ0n) is 15.0. The lowest BCUT2D eigenvalue weighted by Crippen LogP contribution is -2.29. The zero-order chi connectivity index (χ0) is 18.2. The third-order valence-electron chi connectivity index (χ3n) is 3.64. The fraction of sp³-hybridized carbons (Fsp3) is 0.316. The van der Waals surface area contributed by atoms with E-state index in [0.29, 0.717) is 23.7 Å². The summed E-state index contributed by atoms with van der Waals surface area (Å²) in [4.78, 5) is 14.2. The molecule has 134 valence electrons. The molecule has 25 heavy (non-hydrogen) atoms. The Hall–Kier alpha value is -2.73. The van der Waals surface area contributed by atoms with Gasteiger partial charge in [0.2, 0.25) is 5.91 Å². The number of nitrogens with zero attached hydrogens (tertiary/aromatic N) is 1. The Kier molecular flexibility index (Phi) is 6.65. The van der Waals surface area contributed by atoms with E-state index in [0.717, 1.165) is 11.3 Å². The fourth-order valence-electron chi connectivity index (χ4n) is 2.46. The molecule has 6 heteroatoms. The van der Waals surface area contributed by atoms with Gasteiger partial charge in [0.25, 0.3) is 0 Å². The van der Waals surface area contributed by atoms with E-state index >= 15 is 0 Å². The molecular formula is C19H24N2O4. The molecule has 0 radical (unpaired) electrons. The third kappa shape index (κ3) is 5.69. The van der Waals surface area contributed by atoms with E-state index in [1.807, 2.05) is 36.2 Å². The molecule has 0 aromatic heterocycles. The van der Waals surface area contributed by atoms with Crippen molar-refractivity contribution in [2.45, 2.75) is 6.54 Å². The number of methoxy groups -OCH3 is 3. The highest BCUT2D eigenvalue weighted by molar-refractivity contribution is 5.92. The van der Waals surface area contributed by atoms with Crippen LogP contribution >= 0.6 is 0 Å². The van der Waals surface area contributed by atoms with Crippen LogP contribution in [0.5, 0.6) is 17.2 Å². The summed E-state index contributed by atoms with van der Waals surface area (Å²) < 4.78 is 15.6. The van der Waals surface area contributed by atoms with Crippen molar-refractivity contribution in [2.24, 2.45) is 0 Å². The molecule has 2 aromatic carbocycles. The molecule has 0 aliphatic carbocycles. The van der Waals surface area contributed by atoms with Gasteiger partial charge >= 0.3 is 0 Å². The number of likely N-dealkylation sites (N-methyl/N-ethyl adjacent to an activating group) is 1. The maximum absolute atomic E-state index is 12.3. The van der Waals surface area contributed by atoms with Crippen LogP contribution in [0.4, 0.5) is 5.69 Å². The average molecular weight is 344 g/mol. The molecule has 2 rings (SSSR count). The minimum Gasteiger partial charge on any atom is -0.497 e. The second-order valence-electron chi connectivity index (χ2n) is 5.67. The molecule has 1 N–H and O–H groups in total. The maximum Gasteiger partial charge on any atom is 0.238 e. The summed E-state index contributed by atoms with van der Waals surface area (Å²) >= 11 is 0. The summed E-state index contributed by atoms with van der Waals surface area (Å²) in [5.74, 6) is 1.94. The van der Waals surface area contributed by atoms with E-state index in [-0.39, 0.29) is 12.5 Å². The lowest BCUT2D eigenvalue weighted by Gasteiger charge is -2.17. The normalized spacial score (nSPS) is 10.4. The van der Waals surface area contributed by atoms with Crippen LogP contribution in [0.25, 0.3) is 0 Å². The van der Waals surface area contributed by atoms with Crippen LogP contribution in [0.2, 0.25) is 0 Å². The number of ether oxygens (including phenoxy) is 3. The summed E-state index contributed by atoms with van der Waals surface area (Å²) in [6.45, 7) is 0.906. The largest absolute Gasteiger partial charge is 0.497 e. The number of nitrogens with one attached hydrogen (secondary N) is 1. The smallest absolute Gasteiger partial charge is 0.238 e. The molecule has 1 amide bonds. The zero-order valence-corrected chi connectivity index (χ0v) is 15.0. The molecule has 6 nitrogen and oxygen atoms in total. The molecule has 0 heterocycles. The van der Waals surface area contributed by atoms with Crippen LogP contribution in [0.1, 0.15) is 5.56 Å². The maximum atomic E-state index is 12.3. The highest BCUT2D eigenvalue weighted by Gasteiger charge is 2.10. The van der Waals surface area contributed by atoms with Crippen molar-refractivity contribution in [3.63, 3.8) is 0 Å². The molecule has 0 atom stereocenters. The van der Waals surface area contributed by atoms with E-state index in [1.54, 1.807) is 39.5 Å². The molecule has 0 aliphatic heterocycles. The molecule has 0 spiro atoms. The molecule has 0 aliphatic rings. The van der Waals surface area contributed by atoms with E-state index in [2.05, 4.69) is 5.32 Å². The van der Waals surface area contributed by atoms with Crippen LogP contribution in [0.15, 0.2) is 42.5 Å². The first kappa shape index (κ1) is 18.6. The first-order valence-electron chi connectivity index (χ1n) is 7.88. The van der Waals surface area contributed by atoms with Crippen LogP contribution in [-0.4, -0.2) is 45.7 Å². The number of amides is 1. The van der Waals surface area contributed by atoms with Crippen molar-refractivity contribution in [1.82, 2.24) is 4.90 Å².